The predicted molar refractivity (Wildman–Crippen MR) is 77.4 cm³/mol. The van der Waals surface area contributed by atoms with Crippen molar-refractivity contribution in [2.75, 3.05) is 45.7 Å². The van der Waals surface area contributed by atoms with E-state index >= 15 is 0 Å². The second-order valence-corrected chi connectivity index (χ2v) is 5.50. The summed E-state index contributed by atoms with van der Waals surface area (Å²) >= 11 is 1.52. The number of aromatic nitrogens is 1. The second kappa shape index (κ2) is 6.79. The van der Waals surface area contributed by atoms with E-state index in [-0.39, 0.29) is 5.82 Å². The lowest BCUT2D eigenvalue weighted by Crippen LogP contribution is -2.19. The van der Waals surface area contributed by atoms with Crippen LogP contribution in [0.5, 0.6) is 0 Å². The first-order valence-electron chi connectivity index (χ1n) is 6.17. The molecule has 0 radical (unpaired) electrons. The fourth-order valence-electron chi connectivity index (χ4n) is 1.56. The van der Waals surface area contributed by atoms with Crippen molar-refractivity contribution in [3.8, 4) is 0 Å². The van der Waals surface area contributed by atoms with Gasteiger partial charge in [0, 0.05) is 19.2 Å². The summed E-state index contributed by atoms with van der Waals surface area (Å²) in [5, 5.41) is 3.99. The summed E-state index contributed by atoms with van der Waals surface area (Å²) in [5.74, 6) is -0.253. The molecule has 0 fully saturated rings. The standard InChI is InChI=1S/C13H18FN3OS/c1-17(2)6-8-18-7-5-15-13-16-11-9-10(14)3-4-12(11)19-13/h3-4,9H,5-8H2,1-2H3,(H,15,16). The van der Waals surface area contributed by atoms with Crippen LogP contribution in [-0.4, -0.2) is 50.3 Å². The molecule has 2 aromatic rings. The number of halogens is 1. The summed E-state index contributed by atoms with van der Waals surface area (Å²) in [5.41, 5.74) is 0.695. The van der Waals surface area contributed by atoms with E-state index in [0.29, 0.717) is 18.7 Å². The third-order valence-corrected chi connectivity index (χ3v) is 3.55. The molecule has 104 valence electrons. The highest BCUT2D eigenvalue weighted by Gasteiger charge is 2.04. The van der Waals surface area contributed by atoms with E-state index in [1.54, 1.807) is 6.07 Å². The van der Waals surface area contributed by atoms with Crippen LogP contribution in [0.15, 0.2) is 18.2 Å². The van der Waals surface area contributed by atoms with Gasteiger partial charge in [-0.25, -0.2) is 9.37 Å². The molecule has 0 saturated heterocycles. The van der Waals surface area contributed by atoms with Gasteiger partial charge >= 0.3 is 0 Å². The summed E-state index contributed by atoms with van der Waals surface area (Å²) in [6, 6.07) is 4.65. The third kappa shape index (κ3) is 4.41. The normalized spacial score (nSPS) is 11.4. The van der Waals surface area contributed by atoms with Gasteiger partial charge in [-0.1, -0.05) is 11.3 Å². The number of benzene rings is 1. The van der Waals surface area contributed by atoms with Crippen LogP contribution in [0.3, 0.4) is 0 Å². The third-order valence-electron chi connectivity index (χ3n) is 2.56. The van der Waals surface area contributed by atoms with Crippen molar-refractivity contribution in [2.24, 2.45) is 0 Å². The molecule has 4 nitrogen and oxygen atoms in total. The zero-order chi connectivity index (χ0) is 13.7. The van der Waals surface area contributed by atoms with Gasteiger partial charge in [-0.2, -0.15) is 0 Å². The topological polar surface area (TPSA) is 37.4 Å². The number of fused-ring (bicyclic) bond motifs is 1. The molecule has 1 N–H and O–H groups in total. The zero-order valence-electron chi connectivity index (χ0n) is 11.1. The Hall–Kier alpha value is -1.24. The Morgan fingerprint density at radius 2 is 2.21 bits per heavy atom. The van der Waals surface area contributed by atoms with E-state index in [9.17, 15) is 4.39 Å². The minimum absolute atomic E-state index is 0.253. The predicted octanol–water partition coefficient (Wildman–Crippen LogP) is 2.43. The molecule has 1 aromatic carbocycles. The van der Waals surface area contributed by atoms with Crippen molar-refractivity contribution in [2.45, 2.75) is 0 Å². The van der Waals surface area contributed by atoms with Gasteiger partial charge in [0.05, 0.1) is 23.4 Å². The molecule has 0 saturated carbocycles. The Bertz CT molecular complexity index is 530. The quantitative estimate of drug-likeness (QED) is 0.792. The number of nitrogens with one attached hydrogen (secondary N) is 1. The Labute approximate surface area is 116 Å². The Kier molecular flexibility index (Phi) is 5.07. The van der Waals surface area contributed by atoms with E-state index < -0.39 is 0 Å². The molecule has 0 atom stereocenters. The highest BCUT2D eigenvalue weighted by atomic mass is 32.1. The highest BCUT2D eigenvalue weighted by molar-refractivity contribution is 7.22. The smallest absolute Gasteiger partial charge is 0.183 e. The van der Waals surface area contributed by atoms with Crippen LogP contribution in [0.2, 0.25) is 0 Å². The summed E-state index contributed by atoms with van der Waals surface area (Å²) in [4.78, 5) is 6.40. The van der Waals surface area contributed by atoms with E-state index in [0.717, 1.165) is 23.0 Å². The number of ether oxygens (including phenoxy) is 1. The number of likely N-dealkylation sites (N-methyl/N-ethyl adjacent to an activating group) is 1. The molecule has 19 heavy (non-hydrogen) atoms. The minimum atomic E-state index is -0.253. The highest BCUT2D eigenvalue weighted by Crippen LogP contribution is 2.25. The monoisotopic (exact) mass is 283 g/mol. The van der Waals surface area contributed by atoms with Crippen LogP contribution >= 0.6 is 11.3 Å². The molecule has 0 spiro atoms. The lowest BCUT2D eigenvalue weighted by atomic mass is 10.3. The number of anilines is 1. The maximum absolute atomic E-state index is 13.0. The minimum Gasteiger partial charge on any atom is -0.378 e. The number of nitrogens with zero attached hydrogens (tertiary/aromatic N) is 2. The molecule has 1 aromatic heterocycles. The second-order valence-electron chi connectivity index (χ2n) is 4.47. The van der Waals surface area contributed by atoms with Crippen molar-refractivity contribution < 1.29 is 9.13 Å². The maximum atomic E-state index is 13.0. The van der Waals surface area contributed by atoms with Crippen molar-refractivity contribution in [3.63, 3.8) is 0 Å². The van der Waals surface area contributed by atoms with Gasteiger partial charge < -0.3 is 15.0 Å². The van der Waals surface area contributed by atoms with Gasteiger partial charge in [0.2, 0.25) is 0 Å². The van der Waals surface area contributed by atoms with Crippen LogP contribution < -0.4 is 5.32 Å². The summed E-state index contributed by atoms with van der Waals surface area (Å²) < 4.78 is 19.5. The van der Waals surface area contributed by atoms with Gasteiger partial charge in [0.15, 0.2) is 5.13 Å². The average molecular weight is 283 g/mol. The first-order valence-corrected chi connectivity index (χ1v) is 6.99. The van der Waals surface area contributed by atoms with Crippen molar-refractivity contribution in [1.82, 2.24) is 9.88 Å². The number of rotatable bonds is 7. The van der Waals surface area contributed by atoms with Crippen LogP contribution in [0.1, 0.15) is 0 Å². The molecular weight excluding hydrogens is 265 g/mol. The largest absolute Gasteiger partial charge is 0.378 e. The number of hydrogen-bond donors (Lipinski definition) is 1. The maximum Gasteiger partial charge on any atom is 0.183 e. The Morgan fingerprint density at radius 1 is 1.37 bits per heavy atom. The molecule has 6 heteroatoms. The van der Waals surface area contributed by atoms with E-state index in [1.807, 2.05) is 14.1 Å². The SMILES string of the molecule is CN(C)CCOCCNc1nc2cc(F)ccc2s1. The van der Waals surface area contributed by atoms with Crippen LogP contribution in [0.4, 0.5) is 9.52 Å². The first kappa shape index (κ1) is 14.2. The zero-order valence-corrected chi connectivity index (χ0v) is 12.0. The Morgan fingerprint density at radius 3 is 3.00 bits per heavy atom. The molecule has 0 aliphatic heterocycles. The molecule has 0 amide bonds. The van der Waals surface area contributed by atoms with E-state index in [2.05, 4.69) is 15.2 Å². The molecule has 2 rings (SSSR count). The van der Waals surface area contributed by atoms with Gasteiger partial charge in [-0.05, 0) is 26.2 Å². The summed E-state index contributed by atoms with van der Waals surface area (Å²) in [7, 11) is 4.03. The van der Waals surface area contributed by atoms with Crippen LogP contribution in [0.25, 0.3) is 10.2 Å². The van der Waals surface area contributed by atoms with E-state index in [1.165, 1.54) is 23.5 Å². The molecule has 0 aliphatic rings. The van der Waals surface area contributed by atoms with Crippen LogP contribution in [-0.2, 0) is 4.74 Å². The lowest BCUT2D eigenvalue weighted by Gasteiger charge is -2.09. The van der Waals surface area contributed by atoms with Crippen molar-refractivity contribution in [3.05, 3.63) is 24.0 Å². The summed E-state index contributed by atoms with van der Waals surface area (Å²) in [6.45, 7) is 2.98. The number of hydrogen-bond acceptors (Lipinski definition) is 5. The molecule has 1 heterocycles. The van der Waals surface area contributed by atoms with Gasteiger partial charge in [-0.15, -0.1) is 0 Å². The molecule has 0 aliphatic carbocycles. The molecule has 0 unspecified atom stereocenters. The average Bonchev–Trinajstić information content (AvgIpc) is 2.75. The molecule has 0 bridgehead atoms. The first-order chi connectivity index (χ1) is 9.15. The lowest BCUT2D eigenvalue weighted by molar-refractivity contribution is 0.126. The van der Waals surface area contributed by atoms with Crippen molar-refractivity contribution >= 4 is 26.7 Å². The van der Waals surface area contributed by atoms with Crippen molar-refractivity contribution in [1.29, 1.82) is 0 Å². The number of thiazole rings is 1. The fraction of sp³-hybridized carbons (Fsp3) is 0.462. The van der Waals surface area contributed by atoms with Gasteiger partial charge in [0.1, 0.15) is 5.82 Å². The summed E-state index contributed by atoms with van der Waals surface area (Å²) in [6.07, 6.45) is 0. The Balaban J connectivity index is 1.75. The van der Waals surface area contributed by atoms with Crippen LogP contribution in [0, 0.1) is 5.82 Å². The van der Waals surface area contributed by atoms with E-state index in [4.69, 9.17) is 4.74 Å². The van der Waals surface area contributed by atoms with Gasteiger partial charge in [0.25, 0.3) is 0 Å². The molecular formula is C13H18FN3OS. The fourth-order valence-corrected chi connectivity index (χ4v) is 2.43. The van der Waals surface area contributed by atoms with Gasteiger partial charge in [-0.3, -0.25) is 0 Å².